The van der Waals surface area contributed by atoms with Gasteiger partial charge in [0.2, 0.25) is 0 Å². The van der Waals surface area contributed by atoms with Crippen LogP contribution in [0.25, 0.3) is 21.9 Å². The van der Waals surface area contributed by atoms with Gasteiger partial charge in [0.15, 0.2) is 0 Å². The normalized spacial score (nSPS) is 11.4. The van der Waals surface area contributed by atoms with Gasteiger partial charge in [-0.25, -0.2) is 0 Å². The molecule has 0 aliphatic carbocycles. The zero-order chi connectivity index (χ0) is 16.1. The Kier molecular flexibility index (Phi) is 5.27. The molecule has 0 saturated heterocycles. The van der Waals surface area contributed by atoms with Crippen LogP contribution in [0.1, 0.15) is 22.6 Å². The summed E-state index contributed by atoms with van der Waals surface area (Å²) >= 11 is 0.216. The van der Waals surface area contributed by atoms with Gasteiger partial charge in [-0.15, -0.1) is 0 Å². The number of fused-ring (bicyclic) bond motifs is 1. The number of hydrogen-bond donors (Lipinski definition) is 0. The van der Waals surface area contributed by atoms with Crippen molar-refractivity contribution in [2.75, 3.05) is 13.3 Å². The minimum absolute atomic E-state index is 0.0914. The summed E-state index contributed by atoms with van der Waals surface area (Å²) in [5, 5.41) is 0. The fourth-order valence-electron chi connectivity index (χ4n) is 2.27. The number of alkyl halides is 1. The van der Waals surface area contributed by atoms with Gasteiger partial charge in [0.25, 0.3) is 0 Å². The number of benzene rings is 2. The molecule has 2 aromatic carbocycles. The Bertz CT molecular complexity index is 808. The number of aromatic nitrogens is 1. The number of halogens is 1. The van der Waals surface area contributed by atoms with E-state index in [9.17, 15) is 4.39 Å². The van der Waals surface area contributed by atoms with Crippen LogP contribution in [0.15, 0.2) is 42.5 Å². The zero-order valence-corrected chi connectivity index (χ0v) is 14.7. The molecule has 3 aromatic rings. The van der Waals surface area contributed by atoms with E-state index >= 15 is 0 Å². The summed E-state index contributed by atoms with van der Waals surface area (Å²) in [6, 6.07) is 14.4. The second-order valence-electron chi connectivity index (χ2n) is 5.15. The predicted octanol–water partition coefficient (Wildman–Crippen LogP) is 4.37. The van der Waals surface area contributed by atoms with Crippen LogP contribution in [0.2, 0.25) is 0 Å². The fraction of sp³-hybridized carbons (Fsp3) is 0.211. The van der Waals surface area contributed by atoms with E-state index in [4.69, 9.17) is 4.74 Å². The number of nitrogens with zero attached hydrogens (tertiary/aromatic N) is 1. The first kappa shape index (κ1) is 16.0. The Morgan fingerprint density at radius 2 is 1.96 bits per heavy atom. The minimum atomic E-state index is -0.477. The number of rotatable bonds is 6. The average Bonchev–Trinajstić information content (AvgIpc) is 3.00. The molecule has 0 radical (unpaired) electrons. The van der Waals surface area contributed by atoms with Gasteiger partial charge in [-0.1, -0.05) is 0 Å². The number of aryl methyl sites for hydroxylation is 1. The molecule has 0 spiro atoms. The van der Waals surface area contributed by atoms with E-state index in [1.54, 1.807) is 0 Å². The second-order valence-corrected chi connectivity index (χ2v) is 7.38. The SMILES string of the molecule is CCc1ccc(/C=C/c2nc3cc(OCCF)ccc3[se]2)cc1. The summed E-state index contributed by atoms with van der Waals surface area (Å²) in [6.45, 7) is 1.77. The molecule has 0 fully saturated rings. The first-order valence-electron chi connectivity index (χ1n) is 7.65. The summed E-state index contributed by atoms with van der Waals surface area (Å²) in [5.74, 6) is 0.682. The molecular formula is C19H18FNOSe. The second kappa shape index (κ2) is 7.58. The van der Waals surface area contributed by atoms with Crippen molar-refractivity contribution in [2.24, 2.45) is 0 Å². The molecule has 1 aromatic heterocycles. The molecular weight excluding hydrogens is 356 g/mol. The van der Waals surface area contributed by atoms with E-state index in [1.165, 1.54) is 15.4 Å². The number of hydrogen-bond acceptors (Lipinski definition) is 2. The van der Waals surface area contributed by atoms with E-state index in [0.717, 1.165) is 16.5 Å². The monoisotopic (exact) mass is 375 g/mol. The Morgan fingerprint density at radius 3 is 2.70 bits per heavy atom. The van der Waals surface area contributed by atoms with Gasteiger partial charge in [0.1, 0.15) is 0 Å². The Labute approximate surface area is 141 Å². The van der Waals surface area contributed by atoms with Gasteiger partial charge >= 0.3 is 141 Å². The molecule has 23 heavy (non-hydrogen) atoms. The van der Waals surface area contributed by atoms with Crippen LogP contribution in [0.5, 0.6) is 5.75 Å². The van der Waals surface area contributed by atoms with Crippen LogP contribution < -0.4 is 4.74 Å². The van der Waals surface area contributed by atoms with E-state index in [1.807, 2.05) is 18.2 Å². The van der Waals surface area contributed by atoms with Crippen molar-refractivity contribution in [3.8, 4) is 5.75 Å². The van der Waals surface area contributed by atoms with Crippen LogP contribution in [-0.2, 0) is 6.42 Å². The van der Waals surface area contributed by atoms with E-state index in [0.29, 0.717) is 5.75 Å². The first-order valence-corrected chi connectivity index (χ1v) is 9.36. The van der Waals surface area contributed by atoms with Crippen LogP contribution in [0.4, 0.5) is 4.39 Å². The van der Waals surface area contributed by atoms with Crippen molar-refractivity contribution in [3.63, 3.8) is 0 Å². The summed E-state index contributed by atoms with van der Waals surface area (Å²) in [4.78, 5) is 4.65. The van der Waals surface area contributed by atoms with Gasteiger partial charge in [0.05, 0.1) is 0 Å². The van der Waals surface area contributed by atoms with Crippen LogP contribution in [0.3, 0.4) is 0 Å². The topological polar surface area (TPSA) is 22.1 Å². The Balaban J connectivity index is 1.77. The van der Waals surface area contributed by atoms with Gasteiger partial charge in [-0.3, -0.25) is 0 Å². The third kappa shape index (κ3) is 4.09. The van der Waals surface area contributed by atoms with Gasteiger partial charge in [-0.2, -0.15) is 0 Å². The first-order chi connectivity index (χ1) is 11.3. The molecule has 1 heterocycles. The molecule has 0 bridgehead atoms. The zero-order valence-electron chi connectivity index (χ0n) is 13.0. The van der Waals surface area contributed by atoms with Gasteiger partial charge in [0, 0.05) is 0 Å². The van der Waals surface area contributed by atoms with E-state index in [-0.39, 0.29) is 21.1 Å². The molecule has 4 heteroatoms. The van der Waals surface area contributed by atoms with E-state index < -0.39 is 6.67 Å². The Hall–Kier alpha value is -1.90. The molecule has 0 aliphatic rings. The molecule has 3 rings (SSSR count). The third-order valence-corrected chi connectivity index (χ3v) is 5.63. The molecule has 2 nitrogen and oxygen atoms in total. The van der Waals surface area contributed by atoms with Crippen molar-refractivity contribution in [2.45, 2.75) is 13.3 Å². The maximum atomic E-state index is 12.2. The molecule has 0 amide bonds. The molecule has 0 N–H and O–H groups in total. The van der Waals surface area contributed by atoms with Crippen LogP contribution >= 0.6 is 0 Å². The standard InChI is InChI=1S/C19H18FNOSe/c1-2-14-3-5-15(6-4-14)7-10-19-21-17-13-16(22-12-11-20)8-9-18(17)23-19/h3-10,13H,2,11-12H2,1H3/b10-7+. The fourth-order valence-corrected chi connectivity index (χ4v) is 4.06. The predicted molar refractivity (Wildman–Crippen MR) is 94.9 cm³/mol. The average molecular weight is 374 g/mol. The van der Waals surface area contributed by atoms with Crippen LogP contribution in [0, 0.1) is 0 Å². The summed E-state index contributed by atoms with van der Waals surface area (Å²) in [7, 11) is 0. The summed E-state index contributed by atoms with van der Waals surface area (Å²) in [5.41, 5.74) is 3.48. The molecule has 0 unspecified atom stereocenters. The van der Waals surface area contributed by atoms with Gasteiger partial charge in [-0.05, 0) is 0 Å². The molecule has 0 saturated carbocycles. The van der Waals surface area contributed by atoms with Crippen molar-refractivity contribution in [3.05, 3.63) is 58.2 Å². The molecule has 0 aliphatic heterocycles. The third-order valence-electron chi connectivity index (χ3n) is 3.53. The summed E-state index contributed by atoms with van der Waals surface area (Å²) < 4.78 is 19.8. The van der Waals surface area contributed by atoms with Crippen molar-refractivity contribution < 1.29 is 9.13 Å². The summed E-state index contributed by atoms with van der Waals surface area (Å²) in [6.07, 6.45) is 5.25. The maximum absolute atomic E-state index is 12.2. The number of ether oxygens (including phenoxy) is 1. The van der Waals surface area contributed by atoms with Gasteiger partial charge < -0.3 is 0 Å². The van der Waals surface area contributed by atoms with Crippen molar-refractivity contribution in [1.29, 1.82) is 0 Å². The van der Waals surface area contributed by atoms with Crippen LogP contribution in [-0.4, -0.2) is 32.8 Å². The van der Waals surface area contributed by atoms with Crippen molar-refractivity contribution >= 4 is 36.4 Å². The molecule has 0 atom stereocenters. The van der Waals surface area contributed by atoms with E-state index in [2.05, 4.69) is 48.3 Å². The quantitative estimate of drug-likeness (QED) is 0.598. The Morgan fingerprint density at radius 1 is 1.13 bits per heavy atom. The van der Waals surface area contributed by atoms with Crippen molar-refractivity contribution in [1.82, 2.24) is 4.98 Å². The molecule has 118 valence electrons.